The molecular weight excluding hydrogens is 335 g/mol. The van der Waals surface area contributed by atoms with Crippen LogP contribution in [-0.2, 0) is 4.79 Å². The highest BCUT2D eigenvalue weighted by atomic mass is 35.5. The van der Waals surface area contributed by atoms with Gasteiger partial charge in [-0.05, 0) is 44.4 Å². The molecule has 0 aromatic carbocycles. The van der Waals surface area contributed by atoms with Crippen molar-refractivity contribution in [2.75, 3.05) is 24.5 Å². The fourth-order valence-corrected chi connectivity index (χ4v) is 3.24. The van der Waals surface area contributed by atoms with Crippen LogP contribution in [0.4, 0.5) is 5.82 Å². The highest BCUT2D eigenvalue weighted by Crippen LogP contribution is 2.17. The maximum atomic E-state index is 12.0. The van der Waals surface area contributed by atoms with E-state index < -0.39 is 0 Å². The molecule has 2 N–H and O–H groups in total. The molecular formula is C16H26Cl2N4O. The average molecular weight is 361 g/mol. The Bertz CT molecular complexity index is 460. The van der Waals surface area contributed by atoms with E-state index in [1.807, 2.05) is 24.4 Å². The fraction of sp³-hybridized carbons (Fsp3) is 0.625. The van der Waals surface area contributed by atoms with Crippen molar-refractivity contribution in [2.24, 2.45) is 0 Å². The first-order valence-corrected chi connectivity index (χ1v) is 8.00. The van der Waals surface area contributed by atoms with Gasteiger partial charge < -0.3 is 15.5 Å². The molecule has 23 heavy (non-hydrogen) atoms. The van der Waals surface area contributed by atoms with Gasteiger partial charge in [-0.2, -0.15) is 0 Å². The number of hydrogen-bond acceptors (Lipinski definition) is 4. The number of amides is 1. The second kappa shape index (κ2) is 9.96. The van der Waals surface area contributed by atoms with Gasteiger partial charge in [0.1, 0.15) is 5.82 Å². The van der Waals surface area contributed by atoms with Crippen LogP contribution in [0.1, 0.15) is 32.1 Å². The van der Waals surface area contributed by atoms with E-state index in [2.05, 4.69) is 20.5 Å². The largest absolute Gasteiger partial charge is 0.356 e. The third-order valence-corrected chi connectivity index (χ3v) is 4.43. The molecule has 1 amide bonds. The van der Waals surface area contributed by atoms with Crippen LogP contribution in [0.25, 0.3) is 0 Å². The molecule has 0 spiro atoms. The Kier molecular flexibility index (Phi) is 8.66. The van der Waals surface area contributed by atoms with Gasteiger partial charge in [-0.15, -0.1) is 24.8 Å². The van der Waals surface area contributed by atoms with Crippen LogP contribution in [0.2, 0.25) is 0 Å². The summed E-state index contributed by atoms with van der Waals surface area (Å²) < 4.78 is 0. The molecule has 3 heterocycles. The molecule has 2 fully saturated rings. The van der Waals surface area contributed by atoms with E-state index in [-0.39, 0.29) is 30.7 Å². The number of hydrogen-bond donors (Lipinski definition) is 2. The number of pyridine rings is 1. The van der Waals surface area contributed by atoms with Crippen LogP contribution < -0.4 is 15.5 Å². The van der Waals surface area contributed by atoms with E-state index >= 15 is 0 Å². The third kappa shape index (κ3) is 5.83. The average Bonchev–Trinajstić information content (AvgIpc) is 3.02. The summed E-state index contributed by atoms with van der Waals surface area (Å²) in [5.41, 5.74) is 0. The molecule has 130 valence electrons. The Morgan fingerprint density at radius 3 is 2.65 bits per heavy atom. The fourth-order valence-electron chi connectivity index (χ4n) is 3.24. The lowest BCUT2D eigenvalue weighted by atomic mass is 10.0. The molecule has 0 bridgehead atoms. The summed E-state index contributed by atoms with van der Waals surface area (Å²) in [6.45, 7) is 2.98. The zero-order valence-corrected chi connectivity index (χ0v) is 14.9. The van der Waals surface area contributed by atoms with E-state index in [1.165, 1.54) is 6.42 Å². The van der Waals surface area contributed by atoms with Crippen LogP contribution in [0.15, 0.2) is 24.4 Å². The summed E-state index contributed by atoms with van der Waals surface area (Å²) in [7, 11) is 0. The number of rotatable bonds is 4. The summed E-state index contributed by atoms with van der Waals surface area (Å²) in [4.78, 5) is 18.7. The maximum Gasteiger partial charge on any atom is 0.221 e. The smallest absolute Gasteiger partial charge is 0.221 e. The summed E-state index contributed by atoms with van der Waals surface area (Å²) in [5, 5.41) is 6.57. The number of nitrogens with one attached hydrogen (secondary N) is 2. The number of carbonyl (C=O) groups is 1. The molecule has 0 radical (unpaired) electrons. The maximum absolute atomic E-state index is 12.0. The quantitative estimate of drug-likeness (QED) is 0.863. The van der Waals surface area contributed by atoms with Gasteiger partial charge in [0, 0.05) is 37.8 Å². The lowest BCUT2D eigenvalue weighted by Crippen LogP contribution is -2.46. The second-order valence-electron chi connectivity index (χ2n) is 6.01. The van der Waals surface area contributed by atoms with E-state index in [4.69, 9.17) is 0 Å². The lowest BCUT2D eigenvalue weighted by Gasteiger charge is -2.33. The predicted octanol–water partition coefficient (Wildman–Crippen LogP) is 2.15. The van der Waals surface area contributed by atoms with Gasteiger partial charge in [0.2, 0.25) is 5.91 Å². The third-order valence-electron chi connectivity index (χ3n) is 4.43. The topological polar surface area (TPSA) is 57.3 Å². The molecule has 1 aromatic heterocycles. The summed E-state index contributed by atoms with van der Waals surface area (Å²) >= 11 is 0. The monoisotopic (exact) mass is 360 g/mol. The minimum Gasteiger partial charge on any atom is -0.356 e. The Labute approximate surface area is 150 Å². The van der Waals surface area contributed by atoms with Crippen LogP contribution in [-0.4, -0.2) is 42.6 Å². The number of aromatic nitrogens is 1. The SMILES string of the molecule is Cl.Cl.O=C(CC1CCCN1)NC1CCN(c2ccccn2)CC1. The molecule has 2 saturated heterocycles. The molecule has 1 unspecified atom stereocenters. The Balaban J connectivity index is 0.00000132. The second-order valence-corrected chi connectivity index (χ2v) is 6.01. The van der Waals surface area contributed by atoms with Gasteiger partial charge in [0.05, 0.1) is 0 Å². The Hall–Kier alpha value is -1.04. The number of piperidine rings is 1. The molecule has 1 atom stereocenters. The van der Waals surface area contributed by atoms with E-state index in [1.54, 1.807) is 0 Å². The summed E-state index contributed by atoms with van der Waals surface area (Å²) in [6.07, 6.45) is 6.78. The van der Waals surface area contributed by atoms with Crippen molar-refractivity contribution in [2.45, 2.75) is 44.2 Å². The van der Waals surface area contributed by atoms with Crippen molar-refractivity contribution < 1.29 is 4.79 Å². The van der Waals surface area contributed by atoms with Gasteiger partial charge in [0.15, 0.2) is 0 Å². The molecule has 0 aliphatic carbocycles. The van der Waals surface area contributed by atoms with Gasteiger partial charge in [-0.25, -0.2) is 4.98 Å². The number of carbonyl (C=O) groups excluding carboxylic acids is 1. The highest BCUT2D eigenvalue weighted by molar-refractivity contribution is 5.85. The molecule has 7 heteroatoms. The van der Waals surface area contributed by atoms with E-state index in [0.29, 0.717) is 18.5 Å². The first-order valence-electron chi connectivity index (χ1n) is 8.00. The first-order chi connectivity index (χ1) is 10.3. The van der Waals surface area contributed by atoms with E-state index in [9.17, 15) is 4.79 Å². The predicted molar refractivity (Wildman–Crippen MR) is 97.8 cm³/mol. The van der Waals surface area contributed by atoms with Crippen molar-refractivity contribution >= 4 is 36.5 Å². The molecule has 3 rings (SSSR count). The van der Waals surface area contributed by atoms with Gasteiger partial charge in [0.25, 0.3) is 0 Å². The summed E-state index contributed by atoms with van der Waals surface area (Å²) in [6, 6.07) is 6.71. The number of halogens is 2. The Morgan fingerprint density at radius 1 is 1.26 bits per heavy atom. The highest BCUT2D eigenvalue weighted by Gasteiger charge is 2.23. The van der Waals surface area contributed by atoms with Crippen molar-refractivity contribution in [1.82, 2.24) is 15.6 Å². The zero-order valence-electron chi connectivity index (χ0n) is 13.2. The minimum atomic E-state index is 0. The van der Waals surface area contributed by atoms with Gasteiger partial charge in [-0.3, -0.25) is 4.79 Å². The first kappa shape index (κ1) is 20.0. The standard InChI is InChI=1S/C16H24N4O.2ClH/c21-16(12-14-4-3-9-17-14)19-13-6-10-20(11-7-13)15-5-1-2-8-18-15;;/h1-2,5,8,13-14,17H,3-4,6-7,9-12H2,(H,19,21);2*1H. The van der Waals surface area contributed by atoms with Gasteiger partial charge >= 0.3 is 0 Å². The minimum absolute atomic E-state index is 0. The molecule has 2 aliphatic heterocycles. The number of anilines is 1. The number of nitrogens with zero attached hydrogens (tertiary/aromatic N) is 2. The Morgan fingerprint density at radius 2 is 2.04 bits per heavy atom. The van der Waals surface area contributed by atoms with Crippen molar-refractivity contribution in [3.63, 3.8) is 0 Å². The van der Waals surface area contributed by atoms with Crippen LogP contribution in [0.3, 0.4) is 0 Å². The van der Waals surface area contributed by atoms with E-state index in [0.717, 1.165) is 44.7 Å². The van der Waals surface area contributed by atoms with Crippen LogP contribution >= 0.6 is 24.8 Å². The van der Waals surface area contributed by atoms with Crippen molar-refractivity contribution in [1.29, 1.82) is 0 Å². The molecule has 2 aliphatic rings. The van der Waals surface area contributed by atoms with Gasteiger partial charge in [-0.1, -0.05) is 6.07 Å². The summed E-state index contributed by atoms with van der Waals surface area (Å²) in [5.74, 6) is 1.24. The van der Waals surface area contributed by atoms with Crippen LogP contribution in [0, 0.1) is 0 Å². The zero-order chi connectivity index (χ0) is 14.5. The van der Waals surface area contributed by atoms with Crippen molar-refractivity contribution in [3.8, 4) is 0 Å². The normalized spacial score (nSPS) is 21.2. The molecule has 0 saturated carbocycles. The van der Waals surface area contributed by atoms with Crippen molar-refractivity contribution in [3.05, 3.63) is 24.4 Å². The van der Waals surface area contributed by atoms with Crippen LogP contribution in [0.5, 0.6) is 0 Å². The molecule has 5 nitrogen and oxygen atoms in total. The molecule has 1 aromatic rings. The lowest BCUT2D eigenvalue weighted by molar-refractivity contribution is -0.122.